The van der Waals surface area contributed by atoms with Gasteiger partial charge >= 0.3 is 0 Å². The van der Waals surface area contributed by atoms with Gasteiger partial charge in [-0.05, 0) is 13.8 Å². The molecule has 0 unspecified atom stereocenters. The van der Waals surface area contributed by atoms with Gasteiger partial charge in [0, 0.05) is 0 Å². The fraction of sp³-hybridized carbons (Fsp3) is 0.875. The third-order valence-corrected chi connectivity index (χ3v) is 1.34. The lowest BCUT2D eigenvalue weighted by Gasteiger charge is -2.23. The molecule has 0 aliphatic carbocycles. The summed E-state index contributed by atoms with van der Waals surface area (Å²) in [5.41, 5.74) is -1.11. The topological polar surface area (TPSA) is 98.0 Å². The summed E-state index contributed by atoms with van der Waals surface area (Å²) in [6.07, 6.45) is 0. The van der Waals surface area contributed by atoms with Crippen molar-refractivity contribution >= 4 is 5.78 Å². The first-order chi connectivity index (χ1) is 5.97. The molecule has 0 aliphatic heterocycles. The van der Waals surface area contributed by atoms with E-state index in [9.17, 15) is 4.79 Å². The van der Waals surface area contributed by atoms with Crippen molar-refractivity contribution in [2.75, 3.05) is 26.4 Å². The van der Waals surface area contributed by atoms with Crippen molar-refractivity contribution in [1.29, 1.82) is 0 Å². The SMILES string of the molecule is CC(C)=O.OCC(CO)(CO)CO. The number of aliphatic hydroxyl groups excluding tert-OH is 4. The number of aliphatic hydroxyl groups is 4. The van der Waals surface area contributed by atoms with Crippen LogP contribution < -0.4 is 0 Å². The number of hydrogen-bond donors (Lipinski definition) is 4. The molecule has 0 aromatic heterocycles. The van der Waals surface area contributed by atoms with Gasteiger partial charge in [0.05, 0.1) is 31.8 Å². The molecule has 0 aliphatic rings. The van der Waals surface area contributed by atoms with E-state index in [4.69, 9.17) is 20.4 Å². The molecule has 0 saturated heterocycles. The van der Waals surface area contributed by atoms with E-state index in [1.165, 1.54) is 13.8 Å². The Bertz CT molecular complexity index is 109. The highest BCUT2D eigenvalue weighted by Crippen LogP contribution is 2.11. The summed E-state index contributed by atoms with van der Waals surface area (Å²) < 4.78 is 0. The molecule has 0 bridgehead atoms. The minimum atomic E-state index is -1.11. The molecule has 0 spiro atoms. The molecular formula is C8H18O5. The van der Waals surface area contributed by atoms with Crippen LogP contribution in [0.2, 0.25) is 0 Å². The van der Waals surface area contributed by atoms with E-state index < -0.39 is 31.8 Å². The molecule has 0 saturated carbocycles. The summed E-state index contributed by atoms with van der Waals surface area (Å²) in [6, 6.07) is 0. The normalized spacial score (nSPS) is 10.3. The molecule has 4 N–H and O–H groups in total. The Labute approximate surface area is 77.6 Å². The van der Waals surface area contributed by atoms with Crippen molar-refractivity contribution in [3.8, 4) is 0 Å². The van der Waals surface area contributed by atoms with E-state index in [1.807, 2.05) is 0 Å². The molecule has 13 heavy (non-hydrogen) atoms. The zero-order valence-electron chi connectivity index (χ0n) is 8.03. The van der Waals surface area contributed by atoms with Crippen LogP contribution in [0.3, 0.4) is 0 Å². The average Bonchev–Trinajstić information content (AvgIpc) is 2.09. The standard InChI is InChI=1S/C5H12O4.C3H6O/c6-1-5(2-7,3-8)4-9;1-3(2)4/h6-9H,1-4H2;1-2H3. The van der Waals surface area contributed by atoms with Gasteiger partial charge in [-0.15, -0.1) is 0 Å². The monoisotopic (exact) mass is 194 g/mol. The van der Waals surface area contributed by atoms with Gasteiger partial charge in [0.15, 0.2) is 0 Å². The van der Waals surface area contributed by atoms with Crippen molar-refractivity contribution in [3.63, 3.8) is 0 Å². The van der Waals surface area contributed by atoms with Gasteiger partial charge in [-0.2, -0.15) is 0 Å². The molecule has 0 radical (unpaired) electrons. The van der Waals surface area contributed by atoms with Crippen molar-refractivity contribution in [1.82, 2.24) is 0 Å². The second kappa shape index (κ2) is 8.12. The summed E-state index contributed by atoms with van der Waals surface area (Å²) in [6.45, 7) is 1.43. The van der Waals surface area contributed by atoms with Gasteiger partial charge in [-0.1, -0.05) is 0 Å². The maximum atomic E-state index is 9.44. The Morgan fingerprint density at radius 3 is 1.08 bits per heavy atom. The van der Waals surface area contributed by atoms with Crippen molar-refractivity contribution in [3.05, 3.63) is 0 Å². The third kappa shape index (κ3) is 7.86. The number of carbonyl (C=O) groups excluding carboxylic acids is 1. The molecule has 80 valence electrons. The van der Waals surface area contributed by atoms with Gasteiger partial charge in [-0.25, -0.2) is 0 Å². The quantitative estimate of drug-likeness (QED) is 0.438. The number of rotatable bonds is 4. The predicted octanol–water partition coefficient (Wildman–Crippen LogP) is -1.46. The van der Waals surface area contributed by atoms with Crippen LogP contribution in [0.4, 0.5) is 0 Å². The molecular weight excluding hydrogens is 176 g/mol. The van der Waals surface area contributed by atoms with Gasteiger partial charge in [0.25, 0.3) is 0 Å². The van der Waals surface area contributed by atoms with Gasteiger partial charge in [0.2, 0.25) is 0 Å². The molecule has 0 aromatic rings. The smallest absolute Gasteiger partial charge is 0.126 e. The molecule has 5 nitrogen and oxygen atoms in total. The lowest BCUT2D eigenvalue weighted by Crippen LogP contribution is -2.37. The van der Waals surface area contributed by atoms with Crippen LogP contribution in [-0.4, -0.2) is 52.6 Å². The lowest BCUT2D eigenvalue weighted by atomic mass is 9.93. The van der Waals surface area contributed by atoms with E-state index in [-0.39, 0.29) is 5.78 Å². The van der Waals surface area contributed by atoms with E-state index in [0.29, 0.717) is 0 Å². The summed E-state index contributed by atoms with van der Waals surface area (Å²) in [4.78, 5) is 9.44. The van der Waals surface area contributed by atoms with Gasteiger partial charge in [0.1, 0.15) is 5.78 Å². The predicted molar refractivity (Wildman–Crippen MR) is 47.1 cm³/mol. The van der Waals surface area contributed by atoms with Crippen LogP contribution in [0.25, 0.3) is 0 Å². The highest BCUT2D eigenvalue weighted by atomic mass is 16.3. The van der Waals surface area contributed by atoms with E-state index in [2.05, 4.69) is 0 Å². The fourth-order valence-corrected chi connectivity index (χ4v) is 0.300. The first kappa shape index (κ1) is 15.0. The van der Waals surface area contributed by atoms with Crippen LogP contribution in [-0.2, 0) is 4.79 Å². The minimum Gasteiger partial charge on any atom is -0.396 e. The molecule has 0 fully saturated rings. The van der Waals surface area contributed by atoms with Crippen LogP contribution in [0.1, 0.15) is 13.8 Å². The Morgan fingerprint density at radius 2 is 1.08 bits per heavy atom. The Morgan fingerprint density at radius 1 is 0.923 bits per heavy atom. The zero-order chi connectivity index (χ0) is 10.9. The van der Waals surface area contributed by atoms with Crippen molar-refractivity contribution < 1.29 is 25.2 Å². The number of carbonyl (C=O) groups is 1. The van der Waals surface area contributed by atoms with Crippen molar-refractivity contribution in [2.45, 2.75) is 13.8 Å². The van der Waals surface area contributed by atoms with Gasteiger partial charge < -0.3 is 25.2 Å². The first-order valence-corrected chi connectivity index (χ1v) is 3.88. The molecule has 0 heterocycles. The number of hydrogen-bond acceptors (Lipinski definition) is 5. The van der Waals surface area contributed by atoms with E-state index in [1.54, 1.807) is 0 Å². The summed E-state index contributed by atoms with van der Waals surface area (Å²) in [5.74, 6) is 0.167. The summed E-state index contributed by atoms with van der Waals surface area (Å²) >= 11 is 0. The Balaban J connectivity index is 0. The largest absolute Gasteiger partial charge is 0.396 e. The van der Waals surface area contributed by atoms with E-state index >= 15 is 0 Å². The van der Waals surface area contributed by atoms with Crippen molar-refractivity contribution in [2.24, 2.45) is 5.41 Å². The molecule has 5 heteroatoms. The van der Waals surface area contributed by atoms with Crippen LogP contribution in [0.5, 0.6) is 0 Å². The lowest BCUT2D eigenvalue weighted by molar-refractivity contribution is -0.114. The average molecular weight is 194 g/mol. The highest BCUT2D eigenvalue weighted by Gasteiger charge is 2.26. The Hall–Kier alpha value is -0.490. The Kier molecular flexibility index (Phi) is 9.38. The van der Waals surface area contributed by atoms with E-state index in [0.717, 1.165) is 0 Å². The second-order valence-electron chi connectivity index (χ2n) is 3.04. The summed E-state index contributed by atoms with van der Waals surface area (Å²) in [5, 5.41) is 34.0. The van der Waals surface area contributed by atoms with Crippen LogP contribution in [0.15, 0.2) is 0 Å². The maximum absolute atomic E-state index is 9.44. The first-order valence-electron chi connectivity index (χ1n) is 3.88. The molecule has 0 amide bonds. The molecule has 0 aromatic carbocycles. The van der Waals surface area contributed by atoms with Crippen LogP contribution >= 0.6 is 0 Å². The zero-order valence-corrected chi connectivity index (χ0v) is 8.03. The third-order valence-electron chi connectivity index (χ3n) is 1.34. The summed E-state index contributed by atoms with van der Waals surface area (Å²) in [7, 11) is 0. The molecule has 0 rings (SSSR count). The minimum absolute atomic E-state index is 0.167. The highest BCUT2D eigenvalue weighted by molar-refractivity contribution is 5.72. The second-order valence-corrected chi connectivity index (χ2v) is 3.04. The van der Waals surface area contributed by atoms with Crippen LogP contribution in [0, 0.1) is 5.41 Å². The number of Topliss-reactive ketones (excluding diaryl/α,β-unsaturated/α-hetero) is 1. The molecule has 0 atom stereocenters. The fourth-order valence-electron chi connectivity index (χ4n) is 0.300. The maximum Gasteiger partial charge on any atom is 0.126 e. The van der Waals surface area contributed by atoms with Gasteiger partial charge in [-0.3, -0.25) is 0 Å². The number of ketones is 1.